The van der Waals surface area contributed by atoms with Crippen LogP contribution in [0.5, 0.6) is 0 Å². The summed E-state index contributed by atoms with van der Waals surface area (Å²) in [4.78, 5) is 8.19. The summed E-state index contributed by atoms with van der Waals surface area (Å²) in [6.45, 7) is 3.57. The normalized spacial score (nSPS) is 19.5. The van der Waals surface area contributed by atoms with Crippen LogP contribution in [0.25, 0.3) is 0 Å². The van der Waals surface area contributed by atoms with Gasteiger partial charge in [-0.05, 0) is 37.1 Å². The Morgan fingerprint density at radius 3 is 2.52 bits per heavy atom. The van der Waals surface area contributed by atoms with Gasteiger partial charge in [-0.25, -0.2) is 18.9 Å². The van der Waals surface area contributed by atoms with Gasteiger partial charge in [0.1, 0.15) is 0 Å². The molecule has 1 saturated heterocycles. The Hall–Kier alpha value is -2.98. The van der Waals surface area contributed by atoms with Gasteiger partial charge in [0.2, 0.25) is 5.95 Å². The molecule has 2 aliphatic heterocycles. The molecule has 2 aromatic rings. The van der Waals surface area contributed by atoms with Crippen molar-refractivity contribution in [2.24, 2.45) is 0 Å². The number of hydrazine groups is 3. The third kappa shape index (κ3) is 4.54. The van der Waals surface area contributed by atoms with E-state index in [9.17, 15) is 13.2 Å². The fourth-order valence-corrected chi connectivity index (χ4v) is 4.00. The van der Waals surface area contributed by atoms with Crippen molar-refractivity contribution in [3.05, 3.63) is 60.4 Å². The first kappa shape index (κ1) is 20.0. The van der Waals surface area contributed by atoms with Crippen LogP contribution >= 0.6 is 0 Å². The van der Waals surface area contributed by atoms with Crippen molar-refractivity contribution < 1.29 is 13.2 Å². The van der Waals surface area contributed by atoms with Gasteiger partial charge in [-0.1, -0.05) is 0 Å². The van der Waals surface area contributed by atoms with Gasteiger partial charge >= 0.3 is 0 Å². The lowest BCUT2D eigenvalue weighted by Gasteiger charge is -2.36. The van der Waals surface area contributed by atoms with Crippen molar-refractivity contribution in [1.29, 1.82) is 0 Å². The van der Waals surface area contributed by atoms with Crippen molar-refractivity contribution >= 4 is 17.1 Å². The van der Waals surface area contributed by atoms with E-state index in [1.165, 1.54) is 36.3 Å². The van der Waals surface area contributed by atoms with Crippen molar-refractivity contribution in [1.82, 2.24) is 20.5 Å². The van der Waals surface area contributed by atoms with Gasteiger partial charge in [-0.15, -0.1) is 5.53 Å². The summed E-state index contributed by atoms with van der Waals surface area (Å²) in [6.07, 6.45) is 4.73. The lowest BCUT2D eigenvalue weighted by Crippen LogP contribution is -2.47. The van der Waals surface area contributed by atoms with Crippen LogP contribution < -0.4 is 20.9 Å². The van der Waals surface area contributed by atoms with Crippen LogP contribution in [-0.4, -0.2) is 47.2 Å². The quantitative estimate of drug-likeness (QED) is 0.679. The standard InChI is InChI=1S/C21H24F3N7/c22-20-14-18(3-4-25-20)30-9-10-31(27-30)26-16-11-15(21(23)24)12-19(13-16)29-7-5-28(6-8-29)17-1-2-17/h3-4,9-14,17,21,26-27H,1-2,5-8H2. The fourth-order valence-electron chi connectivity index (χ4n) is 4.00. The van der Waals surface area contributed by atoms with E-state index in [-0.39, 0.29) is 5.56 Å². The molecule has 1 aliphatic carbocycles. The Bertz CT molecular complexity index is 958. The molecule has 0 amide bonds. The predicted molar refractivity (Wildman–Crippen MR) is 113 cm³/mol. The van der Waals surface area contributed by atoms with E-state index >= 15 is 0 Å². The third-order valence-corrected chi connectivity index (χ3v) is 5.75. The number of aromatic nitrogens is 1. The summed E-state index contributed by atoms with van der Waals surface area (Å²) < 4.78 is 40.5. The van der Waals surface area contributed by atoms with E-state index < -0.39 is 12.4 Å². The van der Waals surface area contributed by atoms with E-state index in [0.717, 1.165) is 37.9 Å². The molecule has 0 atom stereocenters. The summed E-state index contributed by atoms with van der Waals surface area (Å²) in [7, 11) is 0. The minimum Gasteiger partial charge on any atom is -0.369 e. The molecule has 1 aromatic heterocycles. The van der Waals surface area contributed by atoms with Gasteiger partial charge in [0.25, 0.3) is 6.43 Å². The highest BCUT2D eigenvalue weighted by Crippen LogP contribution is 2.32. The van der Waals surface area contributed by atoms with E-state index in [1.807, 2.05) is 6.07 Å². The second kappa shape index (κ2) is 8.27. The minimum absolute atomic E-state index is 0.0270. The fraction of sp³-hybridized carbons (Fsp3) is 0.381. The van der Waals surface area contributed by atoms with Crippen molar-refractivity contribution in [3.8, 4) is 0 Å². The average molecular weight is 431 g/mol. The van der Waals surface area contributed by atoms with Gasteiger partial charge in [0, 0.05) is 61.9 Å². The number of rotatable bonds is 6. The summed E-state index contributed by atoms with van der Waals surface area (Å²) in [6, 6.07) is 8.55. The van der Waals surface area contributed by atoms with Gasteiger partial charge in [0.15, 0.2) is 0 Å². The Kier molecular flexibility index (Phi) is 5.33. The van der Waals surface area contributed by atoms with Crippen LogP contribution in [-0.2, 0) is 0 Å². The second-order valence-corrected chi connectivity index (χ2v) is 7.95. The molecule has 31 heavy (non-hydrogen) atoms. The number of pyridine rings is 1. The molecule has 0 unspecified atom stereocenters. The van der Waals surface area contributed by atoms with Crippen LogP contribution in [0.3, 0.4) is 0 Å². The molecule has 5 rings (SSSR count). The topological polar surface area (TPSA) is 49.9 Å². The molecule has 1 saturated carbocycles. The number of anilines is 3. The van der Waals surface area contributed by atoms with Gasteiger partial charge in [-0.3, -0.25) is 15.3 Å². The first-order chi connectivity index (χ1) is 15.0. The number of halogens is 3. The Morgan fingerprint density at radius 1 is 1.00 bits per heavy atom. The summed E-state index contributed by atoms with van der Waals surface area (Å²) in [5, 5.41) is 3.12. The maximum atomic E-state index is 13.6. The smallest absolute Gasteiger partial charge is 0.264 e. The zero-order valence-electron chi connectivity index (χ0n) is 16.9. The number of hydrogen-bond acceptors (Lipinski definition) is 7. The molecule has 3 heterocycles. The Morgan fingerprint density at radius 2 is 1.81 bits per heavy atom. The van der Waals surface area contributed by atoms with Gasteiger partial charge < -0.3 is 4.90 Å². The molecule has 2 fully saturated rings. The maximum Gasteiger partial charge on any atom is 0.264 e. The molecule has 10 heteroatoms. The summed E-state index contributed by atoms with van der Waals surface area (Å²) in [5.41, 5.74) is 7.93. The number of alkyl halides is 2. The zero-order valence-corrected chi connectivity index (χ0v) is 16.9. The Balaban J connectivity index is 1.28. The molecule has 2 N–H and O–H groups in total. The average Bonchev–Trinajstić information content (AvgIpc) is 3.52. The van der Waals surface area contributed by atoms with Crippen LogP contribution in [0.15, 0.2) is 48.9 Å². The number of piperazine rings is 1. The molecule has 0 bridgehead atoms. The van der Waals surface area contributed by atoms with Crippen LogP contribution in [0.4, 0.5) is 30.2 Å². The SMILES string of the molecule is Fc1cc(N2C=CN(Nc3cc(C(F)F)cc(N4CCN(C5CC5)CC4)c3)N2)ccn1. The summed E-state index contributed by atoms with van der Waals surface area (Å²) in [5.74, 6) is -0.588. The molecule has 0 radical (unpaired) electrons. The van der Waals surface area contributed by atoms with E-state index in [2.05, 4.69) is 25.7 Å². The van der Waals surface area contributed by atoms with Crippen molar-refractivity contribution in [3.63, 3.8) is 0 Å². The molecular formula is C21H24F3N7. The predicted octanol–water partition coefficient (Wildman–Crippen LogP) is 3.48. The zero-order chi connectivity index (χ0) is 21.4. The number of benzene rings is 1. The van der Waals surface area contributed by atoms with Gasteiger partial charge in [0.05, 0.1) is 17.6 Å². The molecule has 164 valence electrons. The minimum atomic E-state index is -2.56. The van der Waals surface area contributed by atoms with Crippen LogP contribution in [0.1, 0.15) is 24.8 Å². The van der Waals surface area contributed by atoms with Gasteiger partial charge in [-0.2, -0.15) is 4.39 Å². The molecule has 1 aromatic carbocycles. The highest BCUT2D eigenvalue weighted by molar-refractivity contribution is 5.61. The molecule has 3 aliphatic rings. The van der Waals surface area contributed by atoms with E-state index in [0.29, 0.717) is 11.4 Å². The number of hydrogen-bond donors (Lipinski definition) is 2. The number of nitrogens with one attached hydrogen (secondary N) is 2. The van der Waals surface area contributed by atoms with Crippen LogP contribution in [0.2, 0.25) is 0 Å². The highest BCUT2D eigenvalue weighted by atomic mass is 19.3. The lowest BCUT2D eigenvalue weighted by atomic mass is 10.1. The van der Waals surface area contributed by atoms with Crippen molar-refractivity contribution in [2.45, 2.75) is 25.3 Å². The first-order valence-electron chi connectivity index (χ1n) is 10.4. The Labute approximate surface area is 178 Å². The molecular weight excluding hydrogens is 407 g/mol. The van der Waals surface area contributed by atoms with E-state index in [1.54, 1.807) is 29.5 Å². The second-order valence-electron chi connectivity index (χ2n) is 7.95. The molecule has 7 nitrogen and oxygen atoms in total. The summed E-state index contributed by atoms with van der Waals surface area (Å²) >= 11 is 0. The van der Waals surface area contributed by atoms with Crippen molar-refractivity contribution in [2.75, 3.05) is 41.5 Å². The highest BCUT2D eigenvalue weighted by Gasteiger charge is 2.31. The van der Waals surface area contributed by atoms with E-state index in [4.69, 9.17) is 0 Å². The molecule has 0 spiro atoms. The maximum absolute atomic E-state index is 13.6. The first-order valence-corrected chi connectivity index (χ1v) is 10.4. The number of nitrogens with zero attached hydrogens (tertiary/aromatic N) is 5. The van der Waals surface area contributed by atoms with Crippen LogP contribution in [0, 0.1) is 5.95 Å². The lowest BCUT2D eigenvalue weighted by molar-refractivity contribution is 0.151. The third-order valence-electron chi connectivity index (χ3n) is 5.75. The monoisotopic (exact) mass is 431 g/mol. The largest absolute Gasteiger partial charge is 0.369 e.